The molecule has 0 spiro atoms. The average molecular weight is 252 g/mol. The second-order valence-corrected chi connectivity index (χ2v) is 5.67. The lowest BCUT2D eigenvalue weighted by Gasteiger charge is -2.37. The Hall–Kier alpha value is -1.06. The normalized spacial score (nSPS) is 34.1. The van der Waals surface area contributed by atoms with Gasteiger partial charge in [-0.3, -0.25) is 9.59 Å². The Morgan fingerprint density at radius 2 is 2.11 bits per heavy atom. The number of carbonyl (C=O) groups is 2. The number of carbonyl (C=O) groups excluding carboxylic acids is 2. The first-order valence-electron chi connectivity index (χ1n) is 7.21. The fraction of sp³-hybridized carbons (Fsp3) is 0.857. The summed E-state index contributed by atoms with van der Waals surface area (Å²) < 4.78 is 0. The molecule has 0 radical (unpaired) electrons. The molecule has 1 aliphatic carbocycles. The van der Waals surface area contributed by atoms with Crippen molar-refractivity contribution in [2.75, 3.05) is 6.54 Å². The Labute approximate surface area is 109 Å². The van der Waals surface area contributed by atoms with Crippen LogP contribution in [0.25, 0.3) is 0 Å². The topological polar surface area (TPSA) is 49.4 Å². The molecule has 4 heteroatoms. The highest BCUT2D eigenvalue weighted by molar-refractivity contribution is 5.89. The minimum atomic E-state index is -0.359. The monoisotopic (exact) mass is 252 g/mol. The van der Waals surface area contributed by atoms with Crippen LogP contribution in [-0.4, -0.2) is 35.3 Å². The SMILES string of the molecule is CCC1CCCC(N2CCC(=O)NC(C)C2=O)C1. The highest BCUT2D eigenvalue weighted by atomic mass is 16.2. The van der Waals surface area contributed by atoms with E-state index in [9.17, 15) is 9.59 Å². The first-order valence-corrected chi connectivity index (χ1v) is 7.21. The zero-order chi connectivity index (χ0) is 13.1. The van der Waals surface area contributed by atoms with Crippen LogP contribution in [0.5, 0.6) is 0 Å². The molecule has 2 fully saturated rings. The molecular formula is C14H24N2O2. The highest BCUT2D eigenvalue weighted by Crippen LogP contribution is 2.30. The maximum Gasteiger partial charge on any atom is 0.245 e. The predicted octanol–water partition coefficient (Wildman–Crippen LogP) is 1.69. The van der Waals surface area contributed by atoms with E-state index in [1.54, 1.807) is 6.92 Å². The van der Waals surface area contributed by atoms with Crippen molar-refractivity contribution < 1.29 is 9.59 Å². The molecule has 2 rings (SSSR count). The van der Waals surface area contributed by atoms with E-state index in [0.717, 1.165) is 18.8 Å². The van der Waals surface area contributed by atoms with E-state index in [0.29, 0.717) is 19.0 Å². The fourth-order valence-electron chi connectivity index (χ4n) is 3.24. The van der Waals surface area contributed by atoms with Gasteiger partial charge in [0, 0.05) is 19.0 Å². The quantitative estimate of drug-likeness (QED) is 0.813. The highest BCUT2D eigenvalue weighted by Gasteiger charge is 2.33. The summed E-state index contributed by atoms with van der Waals surface area (Å²) in [4.78, 5) is 25.8. The van der Waals surface area contributed by atoms with Crippen molar-refractivity contribution in [2.24, 2.45) is 5.92 Å². The number of nitrogens with one attached hydrogen (secondary N) is 1. The summed E-state index contributed by atoms with van der Waals surface area (Å²) in [7, 11) is 0. The van der Waals surface area contributed by atoms with Crippen molar-refractivity contribution in [1.29, 1.82) is 0 Å². The van der Waals surface area contributed by atoms with Gasteiger partial charge in [-0.2, -0.15) is 0 Å². The van der Waals surface area contributed by atoms with Crippen LogP contribution in [0.15, 0.2) is 0 Å². The first kappa shape index (κ1) is 13.4. The second-order valence-electron chi connectivity index (χ2n) is 5.67. The molecule has 3 atom stereocenters. The minimum Gasteiger partial charge on any atom is -0.345 e. The predicted molar refractivity (Wildman–Crippen MR) is 70.0 cm³/mol. The lowest BCUT2D eigenvalue weighted by molar-refractivity contribution is -0.136. The van der Waals surface area contributed by atoms with Crippen molar-refractivity contribution in [1.82, 2.24) is 10.2 Å². The van der Waals surface area contributed by atoms with Gasteiger partial charge in [0.1, 0.15) is 6.04 Å². The Balaban J connectivity index is 2.05. The summed E-state index contributed by atoms with van der Waals surface area (Å²) in [6.07, 6.45) is 6.37. The molecule has 1 heterocycles. The molecule has 0 aromatic carbocycles. The Bertz CT molecular complexity index is 330. The molecule has 0 aromatic heterocycles. The summed E-state index contributed by atoms with van der Waals surface area (Å²) >= 11 is 0. The largest absolute Gasteiger partial charge is 0.345 e. The first-order chi connectivity index (χ1) is 8.61. The van der Waals surface area contributed by atoms with Gasteiger partial charge in [-0.05, 0) is 25.7 Å². The maximum atomic E-state index is 12.3. The van der Waals surface area contributed by atoms with Gasteiger partial charge in [0.25, 0.3) is 0 Å². The molecular weight excluding hydrogens is 228 g/mol. The van der Waals surface area contributed by atoms with Crippen molar-refractivity contribution in [3.05, 3.63) is 0 Å². The van der Waals surface area contributed by atoms with Crippen molar-refractivity contribution in [3.63, 3.8) is 0 Å². The molecule has 0 bridgehead atoms. The lowest BCUT2D eigenvalue weighted by atomic mass is 9.83. The van der Waals surface area contributed by atoms with Gasteiger partial charge in [-0.1, -0.05) is 26.2 Å². The van der Waals surface area contributed by atoms with Gasteiger partial charge in [0.05, 0.1) is 0 Å². The number of hydrogen-bond donors (Lipinski definition) is 1. The van der Waals surface area contributed by atoms with E-state index in [2.05, 4.69) is 12.2 Å². The van der Waals surface area contributed by atoms with Crippen LogP contribution in [0.2, 0.25) is 0 Å². The molecule has 1 N–H and O–H groups in total. The van der Waals surface area contributed by atoms with E-state index in [1.807, 2.05) is 4.90 Å². The standard InChI is InChI=1S/C14H24N2O2/c1-3-11-5-4-6-12(9-11)16-8-7-13(17)15-10(2)14(16)18/h10-12H,3-9H2,1-2H3,(H,15,17). The Morgan fingerprint density at radius 3 is 2.83 bits per heavy atom. The minimum absolute atomic E-state index is 0.00111. The molecule has 102 valence electrons. The zero-order valence-electron chi connectivity index (χ0n) is 11.4. The molecule has 1 saturated heterocycles. The van der Waals surface area contributed by atoms with E-state index >= 15 is 0 Å². The van der Waals surface area contributed by atoms with Crippen molar-refractivity contribution in [3.8, 4) is 0 Å². The number of rotatable bonds is 2. The van der Waals surface area contributed by atoms with Crippen LogP contribution < -0.4 is 5.32 Å². The molecule has 3 unspecified atom stereocenters. The third-order valence-electron chi connectivity index (χ3n) is 4.38. The molecule has 1 aliphatic heterocycles. The Morgan fingerprint density at radius 1 is 1.33 bits per heavy atom. The van der Waals surface area contributed by atoms with Gasteiger partial charge < -0.3 is 10.2 Å². The molecule has 4 nitrogen and oxygen atoms in total. The van der Waals surface area contributed by atoms with Gasteiger partial charge in [0.15, 0.2) is 0 Å². The zero-order valence-corrected chi connectivity index (χ0v) is 11.4. The molecule has 0 aromatic rings. The summed E-state index contributed by atoms with van der Waals surface area (Å²) in [5.41, 5.74) is 0. The van der Waals surface area contributed by atoms with Gasteiger partial charge in [-0.15, -0.1) is 0 Å². The lowest BCUT2D eigenvalue weighted by Crippen LogP contribution is -2.48. The molecule has 1 saturated carbocycles. The summed E-state index contributed by atoms with van der Waals surface area (Å²) in [6.45, 7) is 4.61. The van der Waals surface area contributed by atoms with Gasteiger partial charge in [0.2, 0.25) is 11.8 Å². The maximum absolute atomic E-state index is 12.3. The van der Waals surface area contributed by atoms with Crippen LogP contribution in [0, 0.1) is 5.92 Å². The average Bonchev–Trinajstić information content (AvgIpc) is 2.50. The van der Waals surface area contributed by atoms with E-state index in [-0.39, 0.29) is 17.9 Å². The molecule has 2 amide bonds. The Kier molecular flexibility index (Phi) is 4.25. The summed E-state index contributed by atoms with van der Waals surface area (Å²) in [6, 6.07) is -0.00615. The van der Waals surface area contributed by atoms with Crippen LogP contribution in [0.4, 0.5) is 0 Å². The smallest absolute Gasteiger partial charge is 0.245 e. The van der Waals surface area contributed by atoms with Crippen LogP contribution >= 0.6 is 0 Å². The number of amides is 2. The second kappa shape index (κ2) is 5.72. The van der Waals surface area contributed by atoms with Crippen molar-refractivity contribution >= 4 is 11.8 Å². The third kappa shape index (κ3) is 2.85. The summed E-state index contributed by atoms with van der Waals surface area (Å²) in [5.74, 6) is 0.850. The van der Waals surface area contributed by atoms with Crippen LogP contribution in [-0.2, 0) is 9.59 Å². The number of hydrogen-bond acceptors (Lipinski definition) is 2. The van der Waals surface area contributed by atoms with Gasteiger partial charge in [-0.25, -0.2) is 0 Å². The van der Waals surface area contributed by atoms with E-state index in [4.69, 9.17) is 0 Å². The van der Waals surface area contributed by atoms with E-state index < -0.39 is 0 Å². The van der Waals surface area contributed by atoms with Crippen LogP contribution in [0.1, 0.15) is 52.4 Å². The molecule has 18 heavy (non-hydrogen) atoms. The van der Waals surface area contributed by atoms with Crippen molar-refractivity contribution in [2.45, 2.75) is 64.5 Å². The van der Waals surface area contributed by atoms with Crippen LogP contribution in [0.3, 0.4) is 0 Å². The third-order valence-corrected chi connectivity index (χ3v) is 4.38. The number of nitrogens with zero attached hydrogens (tertiary/aromatic N) is 1. The van der Waals surface area contributed by atoms with E-state index in [1.165, 1.54) is 19.3 Å². The summed E-state index contributed by atoms with van der Waals surface area (Å²) in [5, 5.41) is 2.76. The fourth-order valence-corrected chi connectivity index (χ4v) is 3.24. The molecule has 2 aliphatic rings. The van der Waals surface area contributed by atoms with Gasteiger partial charge >= 0.3 is 0 Å².